The van der Waals surface area contributed by atoms with Crippen LogP contribution >= 0.6 is 0 Å². The largest absolute Gasteiger partial charge is 0.508 e. The Hall–Kier alpha value is -4.97. The number of halogens is 1. The van der Waals surface area contributed by atoms with Gasteiger partial charge >= 0.3 is 0 Å². The van der Waals surface area contributed by atoms with Crippen LogP contribution in [-0.2, 0) is 11.2 Å². The maximum atomic E-state index is 14.1. The molecule has 11 nitrogen and oxygen atoms in total. The second-order valence-corrected chi connectivity index (χ2v) is 9.18. The molecule has 5 rings (SSSR count). The Morgan fingerprint density at radius 2 is 1.76 bits per heavy atom. The van der Waals surface area contributed by atoms with E-state index in [-0.39, 0.29) is 29.0 Å². The van der Waals surface area contributed by atoms with Crippen molar-refractivity contribution in [1.29, 1.82) is 0 Å². The number of pyridine rings is 1. The summed E-state index contributed by atoms with van der Waals surface area (Å²) >= 11 is 0. The number of hydrazine groups is 1. The molecule has 0 atom stereocenters. The number of phenols is 2. The minimum Gasteiger partial charge on any atom is -0.508 e. The van der Waals surface area contributed by atoms with Gasteiger partial charge in [-0.25, -0.2) is 14.4 Å². The van der Waals surface area contributed by atoms with E-state index in [9.17, 15) is 9.18 Å². The number of morpholine rings is 1. The zero-order valence-electron chi connectivity index (χ0n) is 22.8. The quantitative estimate of drug-likeness (QED) is 0.207. The Bertz CT molecular complexity index is 1410. The highest BCUT2D eigenvalue weighted by Crippen LogP contribution is 2.20. The first-order chi connectivity index (χ1) is 19.8. The fourth-order valence-electron chi connectivity index (χ4n) is 3.97. The normalized spacial score (nSPS) is 12.6. The zero-order valence-corrected chi connectivity index (χ0v) is 22.8. The van der Waals surface area contributed by atoms with Gasteiger partial charge in [0.25, 0.3) is 5.91 Å². The molecule has 0 radical (unpaired) electrons. The van der Waals surface area contributed by atoms with E-state index in [2.05, 4.69) is 50.2 Å². The number of hydrogen-bond donors (Lipinski definition) is 5. The molecule has 5 N–H and O–H groups in total. The highest BCUT2D eigenvalue weighted by Gasteiger charge is 2.18. The number of phenolic OH excluding ortho intramolecular Hbond substituents is 2. The average molecular weight is 562 g/mol. The van der Waals surface area contributed by atoms with Gasteiger partial charge in [-0.1, -0.05) is 19.1 Å². The second-order valence-electron chi connectivity index (χ2n) is 9.18. The summed E-state index contributed by atoms with van der Waals surface area (Å²) in [6.45, 7) is 5.98. The van der Waals surface area contributed by atoms with Gasteiger partial charge in [0, 0.05) is 24.8 Å². The first-order valence-corrected chi connectivity index (χ1v) is 13.0. The van der Waals surface area contributed by atoms with Gasteiger partial charge in [-0.05, 0) is 60.9 Å². The Morgan fingerprint density at radius 3 is 2.41 bits per heavy atom. The van der Waals surface area contributed by atoms with Crippen LogP contribution in [0.1, 0.15) is 28.5 Å². The van der Waals surface area contributed by atoms with Gasteiger partial charge in [0.15, 0.2) is 11.6 Å². The van der Waals surface area contributed by atoms with Crippen LogP contribution in [0.15, 0.2) is 67.0 Å². The molecule has 1 aliphatic rings. The molecule has 3 heterocycles. The standard InChI is InChI=1S/C22H24FN7O2.C7H8O2/c1-2-15-4-3-5-16(12-15)26-17-6-7-19(24-13-17)21(31)28-29-22-25-14-18(23)20(27-22)30-8-10-32-11-9-30;1-5-2-6(8)4-7(9)3-5/h3-7,12-14,26H,2,8-11H2,1H3,(H,28,31)(H,25,27,29);2-4,8-9H,1H3. The SMILES string of the molecule is CCc1cccc(Nc2ccc(C(=O)NNc3ncc(F)c(N4CCOCC4)n3)nc2)c1.Cc1cc(O)cc(O)c1. The molecule has 4 aromatic rings. The monoisotopic (exact) mass is 561 g/mol. The fraction of sp³-hybridized carbons (Fsp3) is 0.241. The second kappa shape index (κ2) is 13.9. The molecule has 0 unspecified atom stereocenters. The Balaban J connectivity index is 0.000000367. The van der Waals surface area contributed by atoms with E-state index in [1.807, 2.05) is 12.1 Å². The highest BCUT2D eigenvalue weighted by atomic mass is 19.1. The number of hydrogen-bond acceptors (Lipinski definition) is 10. The summed E-state index contributed by atoms with van der Waals surface area (Å²) in [6.07, 6.45) is 3.60. The lowest BCUT2D eigenvalue weighted by atomic mass is 10.1. The molecule has 1 amide bonds. The molecule has 1 aliphatic heterocycles. The number of nitrogens with zero attached hydrogens (tertiary/aromatic N) is 4. The molecule has 2 aromatic carbocycles. The molecule has 1 fully saturated rings. The summed E-state index contributed by atoms with van der Waals surface area (Å²) < 4.78 is 19.4. The molecule has 214 valence electrons. The summed E-state index contributed by atoms with van der Waals surface area (Å²) in [6, 6.07) is 15.9. The van der Waals surface area contributed by atoms with Gasteiger partial charge in [-0.2, -0.15) is 4.98 Å². The predicted octanol–water partition coefficient (Wildman–Crippen LogP) is 4.32. The Labute approximate surface area is 237 Å². The number of carbonyl (C=O) groups is 1. The molecule has 0 saturated carbocycles. The third-order valence-corrected chi connectivity index (χ3v) is 5.99. The number of anilines is 4. The van der Waals surface area contributed by atoms with Gasteiger partial charge in [0.05, 0.1) is 31.3 Å². The van der Waals surface area contributed by atoms with Crippen LogP contribution in [-0.4, -0.2) is 57.4 Å². The maximum absolute atomic E-state index is 14.1. The van der Waals surface area contributed by atoms with Crippen LogP contribution in [0.3, 0.4) is 0 Å². The summed E-state index contributed by atoms with van der Waals surface area (Å²) in [7, 11) is 0. The molecule has 41 heavy (non-hydrogen) atoms. The lowest BCUT2D eigenvalue weighted by molar-refractivity contribution is 0.0957. The molecular formula is C29H32FN7O4. The number of aryl methyl sites for hydroxylation is 2. The first kappa shape index (κ1) is 29.0. The van der Waals surface area contributed by atoms with Gasteiger partial charge in [0.2, 0.25) is 5.95 Å². The van der Waals surface area contributed by atoms with Crippen LogP contribution in [0, 0.1) is 12.7 Å². The topological polar surface area (TPSA) is 145 Å². The first-order valence-electron chi connectivity index (χ1n) is 13.0. The van der Waals surface area contributed by atoms with Crippen molar-refractivity contribution in [1.82, 2.24) is 20.4 Å². The van der Waals surface area contributed by atoms with Crippen molar-refractivity contribution in [3.05, 3.63) is 89.6 Å². The molecule has 12 heteroatoms. The van der Waals surface area contributed by atoms with E-state index in [1.165, 1.54) is 11.6 Å². The summed E-state index contributed by atoms with van der Waals surface area (Å²) in [5.41, 5.74) is 9.11. The number of aromatic hydroxyl groups is 2. The van der Waals surface area contributed by atoms with Crippen LogP contribution in [0.5, 0.6) is 11.5 Å². The average Bonchev–Trinajstić information content (AvgIpc) is 2.97. The lowest BCUT2D eigenvalue weighted by Crippen LogP contribution is -2.38. The molecule has 0 spiro atoms. The highest BCUT2D eigenvalue weighted by molar-refractivity contribution is 5.93. The summed E-state index contributed by atoms with van der Waals surface area (Å²) in [5, 5.41) is 20.9. The fourth-order valence-corrected chi connectivity index (χ4v) is 3.97. The predicted molar refractivity (Wildman–Crippen MR) is 154 cm³/mol. The van der Waals surface area contributed by atoms with Crippen LogP contribution < -0.4 is 21.1 Å². The third-order valence-electron chi connectivity index (χ3n) is 5.99. The van der Waals surface area contributed by atoms with Crippen LogP contribution in [0.2, 0.25) is 0 Å². The summed E-state index contributed by atoms with van der Waals surface area (Å²) in [4.78, 5) is 26.4. The Kier molecular flexibility index (Phi) is 9.84. The molecule has 0 bridgehead atoms. The van der Waals surface area contributed by atoms with Crippen molar-refractivity contribution in [3.8, 4) is 11.5 Å². The number of amides is 1. The van der Waals surface area contributed by atoms with Crippen molar-refractivity contribution < 1.29 is 24.1 Å². The maximum Gasteiger partial charge on any atom is 0.288 e. The zero-order chi connectivity index (χ0) is 29.2. The van der Waals surface area contributed by atoms with Gasteiger partial charge in [-0.15, -0.1) is 0 Å². The van der Waals surface area contributed by atoms with Crippen molar-refractivity contribution in [3.63, 3.8) is 0 Å². The van der Waals surface area contributed by atoms with E-state index in [0.717, 1.165) is 29.6 Å². The van der Waals surface area contributed by atoms with Crippen molar-refractivity contribution >= 4 is 29.0 Å². The molecule has 2 aromatic heterocycles. The number of rotatable bonds is 7. The number of nitrogens with one attached hydrogen (secondary N) is 3. The summed E-state index contributed by atoms with van der Waals surface area (Å²) in [5.74, 6) is -0.542. The molecular weight excluding hydrogens is 529 g/mol. The van der Waals surface area contributed by atoms with Crippen molar-refractivity contribution in [2.45, 2.75) is 20.3 Å². The number of aromatic nitrogens is 3. The van der Waals surface area contributed by atoms with E-state index in [0.29, 0.717) is 26.3 Å². The van der Waals surface area contributed by atoms with E-state index in [1.54, 1.807) is 42.3 Å². The van der Waals surface area contributed by atoms with E-state index < -0.39 is 11.7 Å². The minimum atomic E-state index is -0.530. The van der Waals surface area contributed by atoms with Gasteiger partial charge in [0.1, 0.15) is 17.2 Å². The third kappa shape index (κ3) is 8.51. The van der Waals surface area contributed by atoms with Crippen LogP contribution in [0.4, 0.5) is 27.5 Å². The molecule has 1 saturated heterocycles. The van der Waals surface area contributed by atoms with Crippen molar-refractivity contribution in [2.75, 3.05) is 41.9 Å². The van der Waals surface area contributed by atoms with E-state index >= 15 is 0 Å². The number of ether oxygens (including phenoxy) is 1. The lowest BCUT2D eigenvalue weighted by Gasteiger charge is -2.28. The molecule has 0 aliphatic carbocycles. The smallest absolute Gasteiger partial charge is 0.288 e. The van der Waals surface area contributed by atoms with Crippen molar-refractivity contribution in [2.24, 2.45) is 0 Å². The Morgan fingerprint density at radius 1 is 1.00 bits per heavy atom. The van der Waals surface area contributed by atoms with E-state index in [4.69, 9.17) is 14.9 Å². The minimum absolute atomic E-state index is 0.0790. The number of benzene rings is 2. The van der Waals surface area contributed by atoms with Gasteiger partial charge in [-0.3, -0.25) is 15.6 Å². The van der Waals surface area contributed by atoms with Crippen LogP contribution in [0.25, 0.3) is 0 Å². The van der Waals surface area contributed by atoms with Gasteiger partial charge < -0.3 is 25.2 Å². The number of carbonyl (C=O) groups excluding carboxylic acids is 1.